The standard InChI is InChI=1S/C33H58N8O13/c34-54-17-16-35-27(45)18-36-28(46)19-37-29(47)20-38-30(48)21-39-32(51)24(22-42)41-26(44)15-14-23(33(52)53)40-25(43)12-10-8-6-4-2-1-3-5-7-9-11-13-31(49)50/h23-24,42H,1-22,34H2,(H,35,45)(H,36,46)(H,37,47)(H,38,48)(H,39,51)(H,40,43)(H,41,44)(H,49,50)(H,52,53). The Balaban J connectivity index is 4.23. The van der Waals surface area contributed by atoms with Crippen molar-refractivity contribution in [1.82, 2.24) is 37.2 Å². The number of hydrogen-bond donors (Lipinski definition) is 11. The molecule has 308 valence electrons. The van der Waals surface area contributed by atoms with E-state index in [9.17, 15) is 53.4 Å². The Hall–Kier alpha value is -4.89. The number of rotatable bonds is 33. The first kappa shape index (κ1) is 49.1. The third-order valence-corrected chi connectivity index (χ3v) is 7.73. The van der Waals surface area contributed by atoms with Crippen LogP contribution in [0, 0.1) is 0 Å². The number of aliphatic hydroxyl groups excluding tert-OH is 1. The first-order valence-electron chi connectivity index (χ1n) is 18.1. The molecule has 0 heterocycles. The fourth-order valence-electron chi connectivity index (χ4n) is 4.74. The van der Waals surface area contributed by atoms with Gasteiger partial charge in [0, 0.05) is 25.8 Å². The molecule has 7 amide bonds. The van der Waals surface area contributed by atoms with Gasteiger partial charge in [0.15, 0.2) is 0 Å². The molecule has 2 unspecified atom stereocenters. The Morgan fingerprint density at radius 1 is 0.500 bits per heavy atom. The number of hydrogen-bond acceptors (Lipinski definition) is 12. The number of carbonyl (C=O) groups excluding carboxylic acids is 7. The number of unbranched alkanes of at least 4 members (excludes halogenated alkanes) is 10. The molecule has 0 aromatic rings. The molecule has 0 radical (unpaired) electrons. The van der Waals surface area contributed by atoms with E-state index in [0.29, 0.717) is 12.8 Å². The molecule has 21 nitrogen and oxygen atoms in total. The van der Waals surface area contributed by atoms with Crippen LogP contribution >= 0.6 is 0 Å². The van der Waals surface area contributed by atoms with Gasteiger partial charge in [-0.05, 0) is 19.3 Å². The monoisotopic (exact) mass is 774 g/mol. The van der Waals surface area contributed by atoms with Gasteiger partial charge in [0.1, 0.15) is 12.1 Å². The van der Waals surface area contributed by atoms with Crippen LogP contribution in [0.15, 0.2) is 0 Å². The maximum Gasteiger partial charge on any atom is 0.326 e. The van der Waals surface area contributed by atoms with Crippen molar-refractivity contribution >= 4 is 53.3 Å². The number of carboxylic acids is 2. The highest BCUT2D eigenvalue weighted by Crippen LogP contribution is 2.13. The van der Waals surface area contributed by atoms with Crippen molar-refractivity contribution in [2.45, 2.75) is 108 Å². The van der Waals surface area contributed by atoms with E-state index in [-0.39, 0.29) is 39.0 Å². The Kier molecular flexibility index (Phi) is 28.8. The van der Waals surface area contributed by atoms with Gasteiger partial charge >= 0.3 is 11.9 Å². The highest BCUT2D eigenvalue weighted by molar-refractivity contribution is 5.93. The summed E-state index contributed by atoms with van der Waals surface area (Å²) in [6, 6.07) is -2.82. The van der Waals surface area contributed by atoms with Crippen molar-refractivity contribution in [3.63, 3.8) is 0 Å². The quantitative estimate of drug-likeness (QED) is 0.0242. The maximum absolute atomic E-state index is 12.4. The van der Waals surface area contributed by atoms with Crippen LogP contribution in [0.2, 0.25) is 0 Å². The first-order chi connectivity index (χ1) is 25.8. The Morgan fingerprint density at radius 2 is 0.907 bits per heavy atom. The van der Waals surface area contributed by atoms with E-state index in [1.54, 1.807) is 0 Å². The summed E-state index contributed by atoms with van der Waals surface area (Å²) in [7, 11) is 0. The summed E-state index contributed by atoms with van der Waals surface area (Å²) in [5.41, 5.74) is 0. The zero-order valence-corrected chi connectivity index (χ0v) is 30.7. The minimum Gasteiger partial charge on any atom is -0.481 e. The van der Waals surface area contributed by atoms with Gasteiger partial charge in [0.2, 0.25) is 41.4 Å². The SMILES string of the molecule is NOCCNC(=O)CNC(=O)CNC(=O)CNC(=O)CNC(=O)C(CO)NC(=O)CCC(NC(=O)CCCCCCCCCCCCCC(=O)O)C(=O)O. The van der Waals surface area contributed by atoms with Crippen LogP contribution < -0.4 is 43.1 Å². The summed E-state index contributed by atoms with van der Waals surface area (Å²) in [6.07, 6.45) is 10.1. The van der Waals surface area contributed by atoms with Gasteiger partial charge in [-0.25, -0.2) is 10.7 Å². The van der Waals surface area contributed by atoms with Gasteiger partial charge in [0.05, 0.1) is 39.4 Å². The molecule has 0 aromatic heterocycles. The van der Waals surface area contributed by atoms with E-state index in [2.05, 4.69) is 42.1 Å². The summed E-state index contributed by atoms with van der Waals surface area (Å²) in [4.78, 5) is 111. The largest absolute Gasteiger partial charge is 0.481 e. The summed E-state index contributed by atoms with van der Waals surface area (Å²) >= 11 is 0. The molecule has 0 saturated carbocycles. The van der Waals surface area contributed by atoms with E-state index in [0.717, 1.165) is 57.8 Å². The fourth-order valence-corrected chi connectivity index (χ4v) is 4.74. The second-order valence-electron chi connectivity index (χ2n) is 12.4. The maximum atomic E-state index is 12.4. The number of carbonyl (C=O) groups is 9. The smallest absolute Gasteiger partial charge is 0.326 e. The van der Waals surface area contributed by atoms with Crippen molar-refractivity contribution in [2.75, 3.05) is 45.9 Å². The van der Waals surface area contributed by atoms with Gasteiger partial charge in [-0.2, -0.15) is 0 Å². The molecule has 0 bridgehead atoms. The van der Waals surface area contributed by atoms with Crippen LogP contribution in [0.3, 0.4) is 0 Å². The molecular formula is C33H58N8O13. The molecule has 21 heteroatoms. The van der Waals surface area contributed by atoms with Crippen LogP contribution in [-0.4, -0.2) is 127 Å². The Bertz CT molecular complexity index is 1200. The molecule has 0 aliphatic heterocycles. The molecule has 0 fully saturated rings. The average molecular weight is 775 g/mol. The highest BCUT2D eigenvalue weighted by atomic mass is 16.6. The van der Waals surface area contributed by atoms with Crippen molar-refractivity contribution in [3.8, 4) is 0 Å². The van der Waals surface area contributed by atoms with Crippen LogP contribution in [0.1, 0.15) is 96.3 Å². The van der Waals surface area contributed by atoms with E-state index < -0.39 is 98.0 Å². The average Bonchev–Trinajstić information content (AvgIpc) is 3.13. The second kappa shape index (κ2) is 31.6. The first-order valence-corrected chi connectivity index (χ1v) is 18.1. The molecule has 12 N–H and O–H groups in total. The topological polar surface area (TPSA) is 334 Å². The summed E-state index contributed by atoms with van der Waals surface area (Å²) in [5, 5.41) is 43.6. The lowest BCUT2D eigenvalue weighted by atomic mass is 10.0. The number of nitrogens with two attached hydrogens (primary N) is 1. The Morgan fingerprint density at radius 3 is 1.35 bits per heavy atom. The van der Waals surface area contributed by atoms with Crippen LogP contribution in [-0.2, 0) is 48.0 Å². The number of nitrogens with one attached hydrogen (secondary N) is 7. The fraction of sp³-hybridized carbons (Fsp3) is 0.727. The lowest BCUT2D eigenvalue weighted by Crippen LogP contribution is -2.51. The summed E-state index contributed by atoms with van der Waals surface area (Å²) < 4.78 is 0. The van der Waals surface area contributed by atoms with Gasteiger partial charge < -0.3 is 57.4 Å². The predicted octanol–water partition coefficient (Wildman–Crippen LogP) is -2.56. The molecule has 0 saturated heterocycles. The predicted molar refractivity (Wildman–Crippen MR) is 191 cm³/mol. The highest BCUT2D eigenvalue weighted by Gasteiger charge is 2.24. The third-order valence-electron chi connectivity index (χ3n) is 7.73. The normalized spacial score (nSPS) is 11.7. The molecule has 54 heavy (non-hydrogen) atoms. The second-order valence-corrected chi connectivity index (χ2v) is 12.4. The number of amides is 7. The zero-order chi connectivity index (χ0) is 40.6. The summed E-state index contributed by atoms with van der Waals surface area (Å²) in [6.45, 7) is -2.63. The number of aliphatic carboxylic acids is 2. The lowest BCUT2D eigenvalue weighted by molar-refractivity contribution is -0.142. The number of carboxylic acid groups (broad SMARTS) is 2. The van der Waals surface area contributed by atoms with Gasteiger partial charge in [0.25, 0.3) is 0 Å². The number of aliphatic hydroxyl groups is 1. The molecular weight excluding hydrogens is 716 g/mol. The molecule has 0 rings (SSSR count). The zero-order valence-electron chi connectivity index (χ0n) is 30.7. The van der Waals surface area contributed by atoms with Crippen LogP contribution in [0.5, 0.6) is 0 Å². The minimum absolute atomic E-state index is 0.0798. The van der Waals surface area contributed by atoms with E-state index >= 15 is 0 Å². The lowest BCUT2D eigenvalue weighted by Gasteiger charge is -2.18. The van der Waals surface area contributed by atoms with Crippen LogP contribution in [0.25, 0.3) is 0 Å². The summed E-state index contributed by atoms with van der Waals surface area (Å²) in [5.74, 6) is -2.20. The van der Waals surface area contributed by atoms with E-state index in [1.807, 2.05) is 0 Å². The minimum atomic E-state index is -1.48. The molecule has 0 spiro atoms. The van der Waals surface area contributed by atoms with Gasteiger partial charge in [-0.15, -0.1) is 0 Å². The van der Waals surface area contributed by atoms with Gasteiger partial charge in [-0.1, -0.05) is 57.8 Å². The van der Waals surface area contributed by atoms with Gasteiger partial charge in [-0.3, -0.25) is 38.4 Å². The van der Waals surface area contributed by atoms with E-state index in [4.69, 9.17) is 11.0 Å². The van der Waals surface area contributed by atoms with E-state index in [1.165, 1.54) is 0 Å². The third kappa shape index (κ3) is 28.7. The van der Waals surface area contributed by atoms with Crippen molar-refractivity contribution < 1.29 is 63.3 Å². The van der Waals surface area contributed by atoms with Crippen LogP contribution in [0.4, 0.5) is 0 Å². The Labute approximate surface area is 314 Å². The van der Waals surface area contributed by atoms with Crippen molar-refractivity contribution in [2.24, 2.45) is 5.90 Å². The molecule has 0 aliphatic rings. The van der Waals surface area contributed by atoms with Crippen molar-refractivity contribution in [1.29, 1.82) is 0 Å². The van der Waals surface area contributed by atoms with Crippen molar-refractivity contribution in [3.05, 3.63) is 0 Å². The molecule has 0 aromatic carbocycles. The molecule has 2 atom stereocenters. The molecule has 0 aliphatic carbocycles.